The highest BCUT2D eigenvalue weighted by Gasteiger charge is 2.49. The second-order valence-corrected chi connectivity index (χ2v) is 9.23. The molecule has 0 bridgehead atoms. The molecule has 3 aromatic carbocycles. The first-order valence-electron chi connectivity index (χ1n) is 12.1. The number of nitrogens with zero attached hydrogens (tertiary/aromatic N) is 4. The van der Waals surface area contributed by atoms with Gasteiger partial charge in [-0.15, -0.1) is 5.10 Å². The molecule has 0 spiro atoms. The van der Waals surface area contributed by atoms with Gasteiger partial charge in [-0.25, -0.2) is 4.68 Å². The van der Waals surface area contributed by atoms with Crippen LogP contribution in [-0.4, -0.2) is 58.5 Å². The molecule has 0 unspecified atom stereocenters. The fourth-order valence-corrected chi connectivity index (χ4v) is 5.20. The van der Waals surface area contributed by atoms with Crippen molar-refractivity contribution in [1.82, 2.24) is 25.5 Å². The highest BCUT2D eigenvalue weighted by molar-refractivity contribution is 5.63. The number of tetrazole rings is 1. The summed E-state index contributed by atoms with van der Waals surface area (Å²) in [7, 11) is 0. The summed E-state index contributed by atoms with van der Waals surface area (Å²) in [6.45, 7) is 2.04. The third-order valence-corrected chi connectivity index (χ3v) is 7.09. The molecule has 9 nitrogen and oxygen atoms in total. The Morgan fingerprint density at radius 3 is 2.47 bits per heavy atom. The molecule has 4 aromatic rings. The minimum absolute atomic E-state index is 0.0626. The molecule has 3 aliphatic heterocycles. The van der Waals surface area contributed by atoms with E-state index in [1.807, 2.05) is 28.9 Å². The highest BCUT2D eigenvalue weighted by atomic mass is 16.7. The first kappa shape index (κ1) is 21.5. The van der Waals surface area contributed by atoms with Crippen molar-refractivity contribution in [2.24, 2.45) is 0 Å². The Bertz CT molecular complexity index is 1360. The second kappa shape index (κ2) is 9.02. The second-order valence-electron chi connectivity index (χ2n) is 9.23. The molecule has 0 saturated carbocycles. The molecule has 36 heavy (non-hydrogen) atoms. The summed E-state index contributed by atoms with van der Waals surface area (Å²) in [5, 5.41) is 16.1. The summed E-state index contributed by atoms with van der Waals surface area (Å²) in [6.07, 6.45) is -0.188. The van der Waals surface area contributed by atoms with Crippen LogP contribution in [0.2, 0.25) is 0 Å². The smallest absolute Gasteiger partial charge is 0.231 e. The third-order valence-electron chi connectivity index (χ3n) is 7.09. The van der Waals surface area contributed by atoms with Crippen LogP contribution in [0.15, 0.2) is 72.8 Å². The van der Waals surface area contributed by atoms with Gasteiger partial charge in [-0.3, -0.25) is 0 Å². The lowest BCUT2D eigenvalue weighted by Crippen LogP contribution is -2.40. The van der Waals surface area contributed by atoms with Gasteiger partial charge in [0.05, 0.1) is 19.3 Å². The number of benzene rings is 3. The molecule has 1 aromatic heterocycles. The van der Waals surface area contributed by atoms with E-state index in [1.165, 1.54) is 16.7 Å². The maximum Gasteiger partial charge on any atom is 0.231 e. The van der Waals surface area contributed by atoms with E-state index < -0.39 is 0 Å². The van der Waals surface area contributed by atoms with Crippen molar-refractivity contribution < 1.29 is 18.9 Å². The monoisotopic (exact) mass is 483 g/mol. The Hall–Kier alpha value is -3.79. The van der Waals surface area contributed by atoms with Gasteiger partial charge in [-0.05, 0) is 45.3 Å². The molecule has 0 amide bonds. The SMILES string of the molecule is c1ccc(-c2ccc(CN[C@@H]3CO[C@@H]4[C@@H]3OC[C@@H]4n3nnnc3-c3ccc4c(c3)OCO4)cc2)cc1. The fourth-order valence-electron chi connectivity index (χ4n) is 5.20. The molecule has 2 saturated heterocycles. The lowest BCUT2D eigenvalue weighted by molar-refractivity contribution is 0.0621. The number of nitrogens with one attached hydrogen (secondary N) is 1. The molecule has 0 aliphatic carbocycles. The Morgan fingerprint density at radius 1 is 0.806 bits per heavy atom. The van der Waals surface area contributed by atoms with Crippen LogP contribution in [0.4, 0.5) is 0 Å². The quantitative estimate of drug-likeness (QED) is 0.447. The molecule has 3 aliphatic rings. The predicted molar refractivity (Wildman–Crippen MR) is 130 cm³/mol. The summed E-state index contributed by atoms with van der Waals surface area (Å²) in [4.78, 5) is 0. The van der Waals surface area contributed by atoms with Crippen LogP contribution < -0.4 is 14.8 Å². The van der Waals surface area contributed by atoms with E-state index >= 15 is 0 Å². The molecule has 9 heteroatoms. The molecule has 7 rings (SSSR count). The Kier molecular flexibility index (Phi) is 5.38. The van der Waals surface area contributed by atoms with Crippen molar-refractivity contribution in [3.05, 3.63) is 78.4 Å². The van der Waals surface area contributed by atoms with Crippen LogP contribution in [0, 0.1) is 0 Å². The maximum absolute atomic E-state index is 6.21. The molecule has 1 N–H and O–H groups in total. The molecule has 182 valence electrons. The first-order chi connectivity index (χ1) is 17.8. The topological polar surface area (TPSA) is 92.6 Å². The van der Waals surface area contributed by atoms with Gasteiger partial charge in [-0.2, -0.15) is 0 Å². The van der Waals surface area contributed by atoms with Crippen LogP contribution in [0.25, 0.3) is 22.5 Å². The van der Waals surface area contributed by atoms with Gasteiger partial charge < -0.3 is 24.3 Å². The molecule has 0 radical (unpaired) electrons. The Balaban J connectivity index is 1.02. The van der Waals surface area contributed by atoms with Crippen molar-refractivity contribution >= 4 is 0 Å². The highest BCUT2D eigenvalue weighted by Crippen LogP contribution is 2.38. The zero-order chi connectivity index (χ0) is 23.9. The van der Waals surface area contributed by atoms with E-state index in [4.69, 9.17) is 18.9 Å². The van der Waals surface area contributed by atoms with Crippen molar-refractivity contribution in [3.63, 3.8) is 0 Å². The summed E-state index contributed by atoms with van der Waals surface area (Å²) in [5.74, 6) is 2.08. The predicted octanol–water partition coefficient (Wildman–Crippen LogP) is 3.23. The van der Waals surface area contributed by atoms with Crippen molar-refractivity contribution in [1.29, 1.82) is 0 Å². The van der Waals surface area contributed by atoms with Crippen LogP contribution in [0.3, 0.4) is 0 Å². The van der Waals surface area contributed by atoms with Crippen molar-refractivity contribution in [2.75, 3.05) is 20.0 Å². The normalized spacial score (nSPS) is 24.2. The minimum Gasteiger partial charge on any atom is -0.454 e. The average molecular weight is 484 g/mol. The average Bonchev–Trinajstić information content (AvgIpc) is 3.72. The molecular weight excluding hydrogens is 458 g/mol. The van der Waals surface area contributed by atoms with E-state index in [-0.39, 0.29) is 31.1 Å². The van der Waals surface area contributed by atoms with E-state index in [0.717, 1.165) is 17.9 Å². The lowest BCUT2D eigenvalue weighted by atomic mass is 10.0. The number of aromatic nitrogens is 4. The summed E-state index contributed by atoms with van der Waals surface area (Å²) in [5.41, 5.74) is 4.51. The van der Waals surface area contributed by atoms with Crippen LogP contribution in [0.1, 0.15) is 11.6 Å². The fraction of sp³-hybridized carbons (Fsp3) is 0.296. The number of fused-ring (bicyclic) bond motifs is 2. The summed E-state index contributed by atoms with van der Waals surface area (Å²) < 4.78 is 25.2. The number of hydrogen-bond donors (Lipinski definition) is 1. The van der Waals surface area contributed by atoms with Crippen LogP contribution in [0.5, 0.6) is 11.5 Å². The van der Waals surface area contributed by atoms with Crippen LogP contribution >= 0.6 is 0 Å². The van der Waals surface area contributed by atoms with E-state index in [9.17, 15) is 0 Å². The minimum atomic E-state index is -0.126. The van der Waals surface area contributed by atoms with Gasteiger partial charge in [0, 0.05) is 12.1 Å². The summed E-state index contributed by atoms with van der Waals surface area (Å²) in [6, 6.07) is 24.8. The largest absolute Gasteiger partial charge is 0.454 e. The molecule has 2 fully saturated rings. The molecule has 4 heterocycles. The van der Waals surface area contributed by atoms with Gasteiger partial charge in [0.15, 0.2) is 17.3 Å². The molecule has 4 atom stereocenters. The van der Waals surface area contributed by atoms with Crippen molar-refractivity contribution in [2.45, 2.75) is 30.8 Å². The van der Waals surface area contributed by atoms with Gasteiger partial charge in [0.1, 0.15) is 18.2 Å². The van der Waals surface area contributed by atoms with E-state index in [2.05, 4.69) is 69.4 Å². The lowest BCUT2D eigenvalue weighted by Gasteiger charge is -2.18. The Morgan fingerprint density at radius 2 is 1.58 bits per heavy atom. The number of ether oxygens (including phenoxy) is 4. The first-order valence-corrected chi connectivity index (χ1v) is 12.1. The standard InChI is InChI=1S/C27H25N5O4/c1-2-4-18(5-3-1)19-8-6-17(7-9-19)13-28-21-14-33-26-22(15-34-25(21)26)32-27(29-30-31-32)20-10-11-23-24(12-20)36-16-35-23/h1-12,21-22,25-26,28H,13-16H2/t21-,22+,25-,26+/m1/s1. The van der Waals surface area contributed by atoms with Gasteiger partial charge in [0.2, 0.25) is 6.79 Å². The zero-order valence-corrected chi connectivity index (χ0v) is 19.5. The van der Waals surface area contributed by atoms with E-state index in [1.54, 1.807) is 0 Å². The van der Waals surface area contributed by atoms with Gasteiger partial charge in [0.25, 0.3) is 0 Å². The maximum atomic E-state index is 6.21. The van der Waals surface area contributed by atoms with Gasteiger partial charge in [-0.1, -0.05) is 54.6 Å². The summed E-state index contributed by atoms with van der Waals surface area (Å²) >= 11 is 0. The van der Waals surface area contributed by atoms with Crippen molar-refractivity contribution in [3.8, 4) is 34.0 Å². The third kappa shape index (κ3) is 3.81. The van der Waals surface area contributed by atoms with Gasteiger partial charge >= 0.3 is 0 Å². The van der Waals surface area contributed by atoms with Crippen LogP contribution in [-0.2, 0) is 16.0 Å². The number of hydrogen-bond acceptors (Lipinski definition) is 8. The van der Waals surface area contributed by atoms with E-state index in [0.29, 0.717) is 24.8 Å². The zero-order valence-electron chi connectivity index (χ0n) is 19.5. The Labute approximate surface area is 207 Å². The molecular formula is C27H25N5O4. The number of rotatable bonds is 6.